The van der Waals surface area contributed by atoms with Crippen LogP contribution in [0.15, 0.2) is 54.7 Å². The first-order chi connectivity index (χ1) is 10.6. The minimum absolute atomic E-state index is 0.178. The molecule has 0 bridgehead atoms. The summed E-state index contributed by atoms with van der Waals surface area (Å²) in [5.41, 5.74) is 3.66. The Hall–Kier alpha value is -2.26. The maximum absolute atomic E-state index is 13.4. The van der Waals surface area contributed by atoms with E-state index in [1.165, 1.54) is 33.0 Å². The van der Waals surface area contributed by atoms with Crippen molar-refractivity contribution in [3.05, 3.63) is 66.1 Å². The van der Waals surface area contributed by atoms with Gasteiger partial charge in [0.25, 0.3) is 0 Å². The van der Waals surface area contributed by atoms with Crippen LogP contribution in [0.1, 0.15) is 5.56 Å². The molecule has 0 spiro atoms. The smallest absolute Gasteiger partial charge is 0.207 e. The van der Waals surface area contributed by atoms with Crippen LogP contribution in [0.25, 0.3) is 31.4 Å². The van der Waals surface area contributed by atoms with Crippen LogP contribution in [-0.4, -0.2) is 0 Å². The van der Waals surface area contributed by atoms with Gasteiger partial charge >= 0.3 is 0 Å². The van der Waals surface area contributed by atoms with Gasteiger partial charge in [-0.3, -0.25) is 0 Å². The minimum atomic E-state index is -0.178. The molecule has 0 aliphatic rings. The monoisotopic (exact) mass is 308 g/mol. The molecule has 0 atom stereocenters. The zero-order valence-corrected chi connectivity index (χ0v) is 13.2. The molecular formula is C19H15FNS+. The molecule has 4 rings (SSSR count). The predicted octanol–water partition coefficient (Wildman–Crippen LogP) is 4.99. The third-order valence-electron chi connectivity index (χ3n) is 4.11. The SMILES string of the molecule is Cc1ccccc1-c1cc2c(c[n+]1C)sc1cc(F)ccc12. The molecule has 0 aliphatic heterocycles. The molecule has 0 saturated heterocycles. The van der Waals surface area contributed by atoms with Crippen LogP contribution in [0, 0.1) is 12.7 Å². The Morgan fingerprint density at radius 2 is 1.77 bits per heavy atom. The van der Waals surface area contributed by atoms with Crippen LogP contribution in [0.2, 0.25) is 0 Å². The molecule has 0 saturated carbocycles. The number of rotatable bonds is 1. The quantitative estimate of drug-likeness (QED) is 0.436. The van der Waals surface area contributed by atoms with Gasteiger partial charge in [-0.15, -0.1) is 11.3 Å². The highest BCUT2D eigenvalue weighted by molar-refractivity contribution is 7.25. The van der Waals surface area contributed by atoms with Gasteiger partial charge in [0.05, 0.1) is 4.70 Å². The number of benzene rings is 2. The summed E-state index contributed by atoms with van der Waals surface area (Å²) in [7, 11) is 2.06. The van der Waals surface area contributed by atoms with Gasteiger partial charge in [0.2, 0.25) is 5.69 Å². The van der Waals surface area contributed by atoms with E-state index in [2.05, 4.69) is 55.1 Å². The lowest BCUT2D eigenvalue weighted by Crippen LogP contribution is -2.30. The van der Waals surface area contributed by atoms with Gasteiger partial charge in [0, 0.05) is 27.1 Å². The summed E-state index contributed by atoms with van der Waals surface area (Å²) in [6, 6.07) is 15.6. The van der Waals surface area contributed by atoms with Crippen molar-refractivity contribution in [2.75, 3.05) is 0 Å². The van der Waals surface area contributed by atoms with E-state index in [0.29, 0.717) is 0 Å². The summed E-state index contributed by atoms with van der Waals surface area (Å²) in [4.78, 5) is 0. The minimum Gasteiger partial charge on any atom is -0.207 e. The predicted molar refractivity (Wildman–Crippen MR) is 90.6 cm³/mol. The van der Waals surface area contributed by atoms with E-state index in [-0.39, 0.29) is 5.82 Å². The molecule has 22 heavy (non-hydrogen) atoms. The zero-order valence-electron chi connectivity index (χ0n) is 12.4. The average Bonchev–Trinajstić information content (AvgIpc) is 2.83. The van der Waals surface area contributed by atoms with Crippen molar-refractivity contribution in [1.29, 1.82) is 0 Å². The molecule has 3 heteroatoms. The van der Waals surface area contributed by atoms with E-state index in [1.807, 2.05) is 6.07 Å². The number of hydrogen-bond donors (Lipinski definition) is 0. The number of pyridine rings is 1. The first-order valence-corrected chi connectivity index (χ1v) is 8.02. The standard InChI is InChI=1S/C19H15FNS/c1-12-5-3-4-6-14(12)17-10-16-15-8-7-13(20)9-18(15)22-19(16)11-21(17)2/h3-11H,1-2H3/q+1. The molecule has 0 radical (unpaired) electrons. The van der Waals surface area contributed by atoms with Gasteiger partial charge in [-0.25, -0.2) is 4.39 Å². The van der Waals surface area contributed by atoms with Gasteiger partial charge in [0.1, 0.15) is 12.9 Å². The Morgan fingerprint density at radius 3 is 2.59 bits per heavy atom. The maximum Gasteiger partial charge on any atom is 0.213 e. The van der Waals surface area contributed by atoms with Crippen molar-refractivity contribution in [1.82, 2.24) is 0 Å². The third-order valence-corrected chi connectivity index (χ3v) is 5.22. The molecule has 2 aromatic heterocycles. The Labute approximate surface area is 132 Å². The summed E-state index contributed by atoms with van der Waals surface area (Å²) in [5.74, 6) is -0.178. The summed E-state index contributed by atoms with van der Waals surface area (Å²) in [6.45, 7) is 2.13. The van der Waals surface area contributed by atoms with Crippen LogP contribution in [0.4, 0.5) is 4.39 Å². The number of thiophene rings is 1. The Balaban J connectivity index is 2.07. The molecule has 2 aromatic carbocycles. The first-order valence-electron chi connectivity index (χ1n) is 7.21. The normalized spacial score (nSPS) is 11.4. The summed E-state index contributed by atoms with van der Waals surface area (Å²) in [5, 5.41) is 2.31. The van der Waals surface area contributed by atoms with Crippen molar-refractivity contribution in [2.24, 2.45) is 7.05 Å². The molecular weight excluding hydrogens is 293 g/mol. The summed E-state index contributed by atoms with van der Waals surface area (Å²) in [6.07, 6.45) is 2.14. The molecule has 1 nitrogen and oxygen atoms in total. The number of halogens is 1. The Bertz CT molecular complexity index is 1020. The lowest BCUT2D eigenvalue weighted by molar-refractivity contribution is -0.659. The van der Waals surface area contributed by atoms with E-state index in [9.17, 15) is 4.39 Å². The molecule has 0 aliphatic carbocycles. The molecule has 0 unspecified atom stereocenters. The second-order valence-electron chi connectivity index (χ2n) is 5.60. The van der Waals surface area contributed by atoms with E-state index in [1.54, 1.807) is 17.4 Å². The van der Waals surface area contributed by atoms with E-state index < -0.39 is 0 Å². The fourth-order valence-corrected chi connectivity index (χ4v) is 4.15. The fraction of sp³-hybridized carbons (Fsp3) is 0.105. The molecule has 4 aromatic rings. The van der Waals surface area contributed by atoms with Gasteiger partial charge in [-0.05, 0) is 36.8 Å². The van der Waals surface area contributed by atoms with Gasteiger partial charge < -0.3 is 0 Å². The van der Waals surface area contributed by atoms with Crippen LogP contribution >= 0.6 is 11.3 Å². The average molecular weight is 308 g/mol. The number of nitrogens with zero attached hydrogens (tertiary/aromatic N) is 1. The van der Waals surface area contributed by atoms with Crippen molar-refractivity contribution in [2.45, 2.75) is 6.92 Å². The van der Waals surface area contributed by atoms with Gasteiger partial charge in [-0.1, -0.05) is 18.2 Å². The fourth-order valence-electron chi connectivity index (χ4n) is 2.97. The molecule has 0 N–H and O–H groups in total. The zero-order chi connectivity index (χ0) is 15.3. The summed E-state index contributed by atoms with van der Waals surface area (Å²) < 4.78 is 17.8. The highest BCUT2D eigenvalue weighted by Gasteiger charge is 2.16. The Morgan fingerprint density at radius 1 is 0.955 bits per heavy atom. The first kappa shape index (κ1) is 13.4. The molecule has 2 heterocycles. The maximum atomic E-state index is 13.4. The number of hydrogen-bond acceptors (Lipinski definition) is 1. The second kappa shape index (κ2) is 4.89. The van der Waals surface area contributed by atoms with Crippen LogP contribution in [0.5, 0.6) is 0 Å². The number of fused-ring (bicyclic) bond motifs is 3. The largest absolute Gasteiger partial charge is 0.213 e. The third kappa shape index (κ3) is 2.01. The van der Waals surface area contributed by atoms with E-state index >= 15 is 0 Å². The highest BCUT2D eigenvalue weighted by atomic mass is 32.1. The topological polar surface area (TPSA) is 3.88 Å². The molecule has 0 fully saturated rings. The number of aryl methyl sites for hydroxylation is 2. The Kier molecular flexibility index (Phi) is 2.98. The van der Waals surface area contributed by atoms with Crippen LogP contribution in [-0.2, 0) is 7.05 Å². The van der Waals surface area contributed by atoms with E-state index in [0.717, 1.165) is 10.1 Å². The van der Waals surface area contributed by atoms with Crippen molar-refractivity contribution >= 4 is 31.5 Å². The lowest BCUT2D eigenvalue weighted by Gasteiger charge is -2.04. The van der Waals surface area contributed by atoms with Crippen molar-refractivity contribution < 1.29 is 8.96 Å². The summed E-state index contributed by atoms with van der Waals surface area (Å²) >= 11 is 1.64. The van der Waals surface area contributed by atoms with Crippen LogP contribution < -0.4 is 4.57 Å². The van der Waals surface area contributed by atoms with Crippen LogP contribution in [0.3, 0.4) is 0 Å². The lowest BCUT2D eigenvalue weighted by atomic mass is 10.0. The molecule has 108 valence electrons. The van der Waals surface area contributed by atoms with Crippen molar-refractivity contribution in [3.63, 3.8) is 0 Å². The number of aromatic nitrogens is 1. The van der Waals surface area contributed by atoms with Gasteiger partial charge in [-0.2, -0.15) is 4.57 Å². The van der Waals surface area contributed by atoms with Gasteiger partial charge in [0.15, 0.2) is 6.20 Å². The van der Waals surface area contributed by atoms with Crippen molar-refractivity contribution in [3.8, 4) is 11.3 Å². The molecule has 0 amide bonds. The highest BCUT2D eigenvalue weighted by Crippen LogP contribution is 2.35. The second-order valence-corrected chi connectivity index (χ2v) is 6.69. The van der Waals surface area contributed by atoms with E-state index in [4.69, 9.17) is 0 Å².